The highest BCUT2D eigenvalue weighted by molar-refractivity contribution is 5.84. The molecular weight excluding hydrogens is 333 g/mol. The number of carbonyl (C=O) groups is 1. The molecule has 1 aromatic carbocycles. The Morgan fingerprint density at radius 1 is 1.23 bits per heavy atom. The molecule has 1 unspecified atom stereocenters. The van der Waals surface area contributed by atoms with Gasteiger partial charge < -0.3 is 14.2 Å². The molecule has 3 heterocycles. The van der Waals surface area contributed by atoms with Gasteiger partial charge in [0.25, 0.3) is 5.91 Å². The third kappa shape index (κ3) is 3.48. The number of piperidine rings is 1. The predicted octanol–water partition coefficient (Wildman–Crippen LogP) is 2.53. The van der Waals surface area contributed by atoms with Gasteiger partial charge in [-0.25, -0.2) is 4.39 Å². The molecule has 5 nitrogen and oxygen atoms in total. The van der Waals surface area contributed by atoms with E-state index in [1.165, 1.54) is 12.5 Å². The number of benzene rings is 1. The topological polar surface area (TPSA) is 37.7 Å². The standard InChI is InChI=1S/C20H26FN3O2/c1-22-12-15(17-11-16(21)5-6-18(17)22)13-23-9-10-26-19(14-23)20(25)24-7-3-2-4-8-24/h5-6,11-12,19H,2-4,7-10,13-14H2,1H3. The first-order valence-electron chi connectivity index (χ1n) is 9.48. The third-order valence-corrected chi connectivity index (χ3v) is 5.52. The fourth-order valence-electron chi connectivity index (χ4n) is 4.13. The monoisotopic (exact) mass is 359 g/mol. The number of carbonyl (C=O) groups excluding carboxylic acids is 1. The first-order valence-corrected chi connectivity index (χ1v) is 9.48. The van der Waals surface area contributed by atoms with Crippen molar-refractivity contribution >= 4 is 16.8 Å². The number of nitrogens with zero attached hydrogens (tertiary/aromatic N) is 3. The van der Waals surface area contributed by atoms with E-state index in [1.54, 1.807) is 6.07 Å². The van der Waals surface area contributed by atoms with Crippen molar-refractivity contribution in [1.82, 2.24) is 14.4 Å². The van der Waals surface area contributed by atoms with Gasteiger partial charge in [-0.05, 0) is 43.0 Å². The zero-order valence-electron chi connectivity index (χ0n) is 15.3. The van der Waals surface area contributed by atoms with E-state index in [4.69, 9.17) is 4.74 Å². The van der Waals surface area contributed by atoms with Crippen molar-refractivity contribution in [2.75, 3.05) is 32.8 Å². The van der Waals surface area contributed by atoms with Crippen LogP contribution < -0.4 is 0 Å². The van der Waals surface area contributed by atoms with Crippen LogP contribution >= 0.6 is 0 Å². The smallest absolute Gasteiger partial charge is 0.253 e. The Kier molecular flexibility index (Phi) is 4.96. The van der Waals surface area contributed by atoms with Crippen molar-refractivity contribution in [1.29, 1.82) is 0 Å². The lowest BCUT2D eigenvalue weighted by molar-refractivity contribution is -0.150. The first-order chi connectivity index (χ1) is 12.6. The van der Waals surface area contributed by atoms with E-state index in [-0.39, 0.29) is 17.8 Å². The summed E-state index contributed by atoms with van der Waals surface area (Å²) in [5.41, 5.74) is 2.11. The number of aromatic nitrogens is 1. The Balaban J connectivity index is 1.47. The van der Waals surface area contributed by atoms with Gasteiger partial charge in [0.2, 0.25) is 0 Å². The minimum absolute atomic E-state index is 0.123. The Morgan fingerprint density at radius 3 is 2.85 bits per heavy atom. The average molecular weight is 359 g/mol. The number of aryl methyl sites for hydroxylation is 1. The lowest BCUT2D eigenvalue weighted by Gasteiger charge is -2.36. The molecule has 0 aliphatic carbocycles. The van der Waals surface area contributed by atoms with E-state index in [0.29, 0.717) is 19.7 Å². The SMILES string of the molecule is Cn1cc(CN2CCOC(C(=O)N3CCCCC3)C2)c2cc(F)ccc21. The number of amides is 1. The van der Waals surface area contributed by atoms with Gasteiger partial charge in [-0.15, -0.1) is 0 Å². The van der Waals surface area contributed by atoms with Crippen LogP contribution in [0.4, 0.5) is 4.39 Å². The summed E-state index contributed by atoms with van der Waals surface area (Å²) in [7, 11) is 1.98. The number of rotatable bonds is 3. The minimum Gasteiger partial charge on any atom is -0.366 e. The van der Waals surface area contributed by atoms with Gasteiger partial charge >= 0.3 is 0 Å². The molecule has 0 spiro atoms. The summed E-state index contributed by atoms with van der Waals surface area (Å²) < 4.78 is 21.5. The average Bonchev–Trinajstić information content (AvgIpc) is 2.97. The summed E-state index contributed by atoms with van der Waals surface area (Å²) in [6.07, 6.45) is 5.06. The lowest BCUT2D eigenvalue weighted by Crippen LogP contribution is -2.51. The quantitative estimate of drug-likeness (QED) is 0.845. The molecule has 1 amide bonds. The van der Waals surface area contributed by atoms with Gasteiger partial charge in [0.15, 0.2) is 0 Å². The maximum Gasteiger partial charge on any atom is 0.253 e. The van der Waals surface area contributed by atoms with Crippen LogP contribution in [0, 0.1) is 5.82 Å². The van der Waals surface area contributed by atoms with Crippen molar-refractivity contribution < 1.29 is 13.9 Å². The number of halogens is 1. The van der Waals surface area contributed by atoms with Crippen LogP contribution in [0.3, 0.4) is 0 Å². The van der Waals surface area contributed by atoms with E-state index >= 15 is 0 Å². The van der Waals surface area contributed by atoms with Gasteiger partial charge in [-0.1, -0.05) is 0 Å². The Bertz CT molecular complexity index is 798. The highest BCUT2D eigenvalue weighted by atomic mass is 19.1. The zero-order valence-corrected chi connectivity index (χ0v) is 15.3. The van der Waals surface area contributed by atoms with Crippen molar-refractivity contribution in [2.45, 2.75) is 31.9 Å². The minimum atomic E-state index is -0.381. The van der Waals surface area contributed by atoms with Crippen LogP contribution in [0.2, 0.25) is 0 Å². The lowest BCUT2D eigenvalue weighted by atomic mass is 10.1. The fraction of sp³-hybridized carbons (Fsp3) is 0.550. The number of likely N-dealkylation sites (tertiary alicyclic amines) is 1. The molecule has 2 aliphatic heterocycles. The summed E-state index contributed by atoms with van der Waals surface area (Å²) in [5.74, 6) is -0.0940. The largest absolute Gasteiger partial charge is 0.366 e. The van der Waals surface area contributed by atoms with Crippen molar-refractivity contribution in [3.8, 4) is 0 Å². The number of hydrogen-bond donors (Lipinski definition) is 0. The van der Waals surface area contributed by atoms with Crippen LogP contribution in [0.5, 0.6) is 0 Å². The van der Waals surface area contributed by atoms with Crippen LogP contribution in [-0.2, 0) is 23.1 Å². The molecule has 2 aromatic rings. The molecule has 0 bridgehead atoms. The molecule has 1 aromatic heterocycles. The summed E-state index contributed by atoms with van der Waals surface area (Å²) in [5, 5.41) is 0.942. The Morgan fingerprint density at radius 2 is 2.04 bits per heavy atom. The van der Waals surface area contributed by atoms with Crippen molar-refractivity contribution in [3.05, 3.63) is 35.8 Å². The number of ether oxygens (including phenoxy) is 1. The van der Waals surface area contributed by atoms with E-state index in [2.05, 4.69) is 11.1 Å². The molecule has 4 rings (SSSR count). The van der Waals surface area contributed by atoms with E-state index in [9.17, 15) is 9.18 Å². The summed E-state index contributed by atoms with van der Waals surface area (Å²) >= 11 is 0. The van der Waals surface area contributed by atoms with Gasteiger partial charge in [0, 0.05) is 56.9 Å². The zero-order chi connectivity index (χ0) is 18.1. The molecular formula is C20H26FN3O2. The van der Waals surface area contributed by atoms with Crippen molar-refractivity contribution in [2.24, 2.45) is 7.05 Å². The summed E-state index contributed by atoms with van der Waals surface area (Å²) in [6.45, 7) is 4.34. The van der Waals surface area contributed by atoms with Gasteiger partial charge in [0.1, 0.15) is 11.9 Å². The number of fused-ring (bicyclic) bond motifs is 1. The molecule has 6 heteroatoms. The summed E-state index contributed by atoms with van der Waals surface area (Å²) in [6, 6.07) is 4.91. The molecule has 1 atom stereocenters. The highest BCUT2D eigenvalue weighted by Gasteiger charge is 2.31. The normalized spacial score (nSPS) is 22.1. The van der Waals surface area contributed by atoms with Crippen LogP contribution in [-0.4, -0.2) is 59.2 Å². The maximum absolute atomic E-state index is 13.7. The second kappa shape index (κ2) is 7.37. The van der Waals surface area contributed by atoms with E-state index in [0.717, 1.165) is 48.9 Å². The number of morpholine rings is 1. The van der Waals surface area contributed by atoms with E-state index in [1.807, 2.05) is 22.6 Å². The van der Waals surface area contributed by atoms with Gasteiger partial charge in [-0.3, -0.25) is 9.69 Å². The van der Waals surface area contributed by atoms with Crippen LogP contribution in [0.25, 0.3) is 10.9 Å². The fourth-order valence-corrected chi connectivity index (χ4v) is 4.13. The van der Waals surface area contributed by atoms with Crippen molar-refractivity contribution in [3.63, 3.8) is 0 Å². The third-order valence-electron chi connectivity index (χ3n) is 5.52. The molecule has 0 radical (unpaired) electrons. The first kappa shape index (κ1) is 17.5. The second-order valence-electron chi connectivity index (χ2n) is 7.41. The number of hydrogen-bond acceptors (Lipinski definition) is 3. The molecule has 0 saturated carbocycles. The summed E-state index contributed by atoms with van der Waals surface area (Å²) in [4.78, 5) is 16.9. The predicted molar refractivity (Wildman–Crippen MR) is 98.3 cm³/mol. The molecule has 2 fully saturated rings. The van der Waals surface area contributed by atoms with Crippen LogP contribution in [0.15, 0.2) is 24.4 Å². The molecule has 26 heavy (non-hydrogen) atoms. The van der Waals surface area contributed by atoms with Crippen LogP contribution in [0.1, 0.15) is 24.8 Å². The second-order valence-corrected chi connectivity index (χ2v) is 7.41. The molecule has 140 valence electrons. The maximum atomic E-state index is 13.7. The highest BCUT2D eigenvalue weighted by Crippen LogP contribution is 2.24. The van der Waals surface area contributed by atoms with Gasteiger partial charge in [0.05, 0.1) is 6.61 Å². The van der Waals surface area contributed by atoms with Gasteiger partial charge in [-0.2, -0.15) is 0 Å². The molecule has 2 saturated heterocycles. The Hall–Kier alpha value is -1.92. The Labute approximate surface area is 153 Å². The molecule has 0 N–H and O–H groups in total. The molecule has 2 aliphatic rings. The van der Waals surface area contributed by atoms with E-state index < -0.39 is 0 Å².